The molecule has 9 heavy (non-hydrogen) atoms. The number of allylic oxidation sites excluding steroid dienone is 1. The maximum absolute atomic E-state index is 10.3. The van der Waals surface area contributed by atoms with Gasteiger partial charge in [-0.25, -0.2) is 4.79 Å². The third-order valence-corrected chi connectivity index (χ3v) is 0.887. The Hall–Kier alpha value is -0.760. The number of esters is 1. The molecule has 0 unspecified atom stereocenters. The van der Waals surface area contributed by atoms with Gasteiger partial charge in [-0.3, -0.25) is 0 Å². The van der Waals surface area contributed by atoms with Crippen LogP contribution in [0, 0.1) is 0 Å². The topological polar surface area (TPSA) is 26.3 Å². The van der Waals surface area contributed by atoms with E-state index in [1.165, 1.54) is 6.08 Å². The van der Waals surface area contributed by atoms with Gasteiger partial charge in [-0.15, -0.1) is 0 Å². The van der Waals surface area contributed by atoms with Crippen molar-refractivity contribution in [2.24, 2.45) is 0 Å². The molecule has 0 aromatic rings. The molecule has 0 aliphatic rings. The normalized spacial score (nSPS) is 10.7. The Bertz CT molecular complexity index is 149. The van der Waals surface area contributed by atoms with Gasteiger partial charge in [-0.05, 0) is 24.6 Å². The van der Waals surface area contributed by atoms with E-state index < -0.39 is 5.97 Å². The summed E-state index contributed by atoms with van der Waals surface area (Å²) in [6.45, 7) is 4.85. The molecular formula is C6H7ClO2. The lowest BCUT2D eigenvalue weighted by Crippen LogP contribution is -1.95. The van der Waals surface area contributed by atoms with Crippen LogP contribution in [0.1, 0.15) is 6.92 Å². The van der Waals surface area contributed by atoms with Crippen molar-refractivity contribution in [3.8, 4) is 0 Å². The maximum atomic E-state index is 10.3. The molecule has 0 spiro atoms. The lowest BCUT2D eigenvalue weighted by atomic mass is 10.6. The Morgan fingerprint density at radius 1 is 1.78 bits per heavy atom. The van der Waals surface area contributed by atoms with Crippen molar-refractivity contribution in [1.82, 2.24) is 0 Å². The van der Waals surface area contributed by atoms with E-state index in [0.717, 1.165) is 6.08 Å². The Kier molecular flexibility index (Phi) is 3.80. The summed E-state index contributed by atoms with van der Waals surface area (Å²) in [6, 6.07) is 0. The summed E-state index contributed by atoms with van der Waals surface area (Å²) in [5, 5.41) is 0.0694. The summed E-state index contributed by atoms with van der Waals surface area (Å²) < 4.78 is 4.42. The van der Waals surface area contributed by atoms with Crippen LogP contribution in [-0.2, 0) is 9.53 Å². The molecule has 0 fully saturated rings. The zero-order chi connectivity index (χ0) is 7.28. The van der Waals surface area contributed by atoms with Crippen molar-refractivity contribution in [1.29, 1.82) is 0 Å². The number of hydrogen-bond donors (Lipinski definition) is 0. The van der Waals surface area contributed by atoms with Crippen molar-refractivity contribution in [3.05, 3.63) is 23.9 Å². The second-order valence-corrected chi connectivity index (χ2v) is 1.59. The summed E-state index contributed by atoms with van der Waals surface area (Å²) in [7, 11) is 0. The fourth-order valence-corrected chi connectivity index (χ4v) is 0.273. The van der Waals surface area contributed by atoms with Crippen LogP contribution in [0.3, 0.4) is 0 Å². The minimum atomic E-state index is -0.543. The average Bonchev–Trinajstić information content (AvgIpc) is 1.87. The molecule has 0 rings (SSSR count). The molecule has 3 heteroatoms. The average molecular weight is 147 g/mol. The Morgan fingerprint density at radius 2 is 2.33 bits per heavy atom. The van der Waals surface area contributed by atoms with Gasteiger partial charge >= 0.3 is 5.97 Å². The molecular weight excluding hydrogens is 140 g/mol. The van der Waals surface area contributed by atoms with Crippen molar-refractivity contribution < 1.29 is 9.53 Å². The van der Waals surface area contributed by atoms with Gasteiger partial charge in [0.1, 0.15) is 0 Å². The van der Waals surface area contributed by atoms with Crippen LogP contribution >= 0.6 is 11.6 Å². The minimum Gasteiger partial charge on any atom is -0.411 e. The van der Waals surface area contributed by atoms with E-state index >= 15 is 0 Å². The predicted octanol–water partition coefficient (Wildman–Crippen LogP) is 1.82. The summed E-state index contributed by atoms with van der Waals surface area (Å²) >= 11 is 5.31. The quantitative estimate of drug-likeness (QED) is 0.338. The van der Waals surface area contributed by atoms with Gasteiger partial charge in [-0.2, -0.15) is 0 Å². The maximum Gasteiger partial charge on any atom is 0.336 e. The number of carbonyl (C=O) groups is 1. The Labute approximate surface area is 58.8 Å². The van der Waals surface area contributed by atoms with E-state index in [1.807, 2.05) is 0 Å². The Morgan fingerprint density at radius 3 is 2.67 bits per heavy atom. The number of carbonyl (C=O) groups excluding carboxylic acids is 1. The highest BCUT2D eigenvalue weighted by Crippen LogP contribution is 2.02. The van der Waals surface area contributed by atoms with Crippen LogP contribution in [0.5, 0.6) is 0 Å². The summed E-state index contributed by atoms with van der Waals surface area (Å²) in [5.41, 5.74) is 0. The van der Waals surface area contributed by atoms with Gasteiger partial charge in [0, 0.05) is 6.08 Å². The fourth-order valence-electron chi connectivity index (χ4n) is 0.197. The lowest BCUT2D eigenvalue weighted by Gasteiger charge is -1.94. The molecule has 50 valence electrons. The van der Waals surface area contributed by atoms with Gasteiger partial charge in [0.2, 0.25) is 0 Å². The molecule has 0 aliphatic carbocycles. The van der Waals surface area contributed by atoms with Crippen LogP contribution in [-0.4, -0.2) is 5.97 Å². The standard InChI is InChI=1S/C6H7ClO2/c1-3-5(7)9-6(8)4-2/h3-4H,2H2,1H3. The minimum absolute atomic E-state index is 0.0694. The highest BCUT2D eigenvalue weighted by molar-refractivity contribution is 6.29. The molecule has 0 amide bonds. The van der Waals surface area contributed by atoms with Crippen LogP contribution in [0.4, 0.5) is 0 Å². The summed E-state index contributed by atoms with van der Waals surface area (Å²) in [5.74, 6) is -0.543. The molecule has 0 bridgehead atoms. The number of ether oxygens (including phenoxy) is 1. The highest BCUT2D eigenvalue weighted by Gasteiger charge is 1.95. The van der Waals surface area contributed by atoms with Gasteiger partial charge in [0.25, 0.3) is 0 Å². The molecule has 0 atom stereocenters. The SMILES string of the molecule is C=CC(=O)OC(Cl)=CC. The van der Waals surface area contributed by atoms with E-state index in [9.17, 15) is 4.79 Å². The summed E-state index contributed by atoms with van der Waals surface area (Å²) in [4.78, 5) is 10.3. The highest BCUT2D eigenvalue weighted by atomic mass is 35.5. The molecule has 0 N–H and O–H groups in total. The van der Waals surface area contributed by atoms with Gasteiger partial charge < -0.3 is 4.74 Å². The van der Waals surface area contributed by atoms with Gasteiger partial charge in [0.15, 0.2) is 5.22 Å². The predicted molar refractivity (Wildman–Crippen MR) is 35.9 cm³/mol. The number of rotatable bonds is 2. The van der Waals surface area contributed by atoms with E-state index in [-0.39, 0.29) is 5.22 Å². The molecule has 0 heterocycles. The zero-order valence-corrected chi connectivity index (χ0v) is 5.81. The van der Waals surface area contributed by atoms with Crippen molar-refractivity contribution in [2.45, 2.75) is 6.92 Å². The third-order valence-electron chi connectivity index (χ3n) is 0.592. The number of halogens is 1. The smallest absolute Gasteiger partial charge is 0.336 e. The molecule has 0 saturated carbocycles. The van der Waals surface area contributed by atoms with E-state index in [0.29, 0.717) is 0 Å². The van der Waals surface area contributed by atoms with Crippen LogP contribution < -0.4 is 0 Å². The fraction of sp³-hybridized carbons (Fsp3) is 0.167. The van der Waals surface area contributed by atoms with Crippen molar-refractivity contribution >= 4 is 17.6 Å². The first kappa shape index (κ1) is 8.24. The van der Waals surface area contributed by atoms with E-state index in [1.54, 1.807) is 6.92 Å². The van der Waals surface area contributed by atoms with Crippen LogP contribution in [0.25, 0.3) is 0 Å². The first-order chi connectivity index (χ1) is 4.20. The molecule has 0 aromatic heterocycles. The molecule has 0 aliphatic heterocycles. The first-order valence-electron chi connectivity index (χ1n) is 2.36. The first-order valence-corrected chi connectivity index (χ1v) is 2.74. The van der Waals surface area contributed by atoms with Gasteiger partial charge in [-0.1, -0.05) is 6.58 Å². The Balaban J connectivity index is 3.74. The van der Waals surface area contributed by atoms with Gasteiger partial charge in [0.05, 0.1) is 0 Å². The number of hydrogen-bond acceptors (Lipinski definition) is 2. The molecule has 0 radical (unpaired) electrons. The second-order valence-electron chi connectivity index (χ2n) is 1.22. The van der Waals surface area contributed by atoms with Crippen molar-refractivity contribution in [3.63, 3.8) is 0 Å². The van der Waals surface area contributed by atoms with E-state index in [2.05, 4.69) is 11.3 Å². The molecule has 2 nitrogen and oxygen atoms in total. The zero-order valence-electron chi connectivity index (χ0n) is 5.06. The summed E-state index contributed by atoms with van der Waals surface area (Å²) in [6.07, 6.45) is 2.52. The van der Waals surface area contributed by atoms with Crippen LogP contribution in [0.2, 0.25) is 0 Å². The largest absolute Gasteiger partial charge is 0.411 e. The molecule has 0 aromatic carbocycles. The van der Waals surface area contributed by atoms with Crippen molar-refractivity contribution in [2.75, 3.05) is 0 Å². The monoisotopic (exact) mass is 146 g/mol. The molecule has 0 saturated heterocycles. The lowest BCUT2D eigenvalue weighted by molar-refractivity contribution is -0.132. The van der Waals surface area contributed by atoms with E-state index in [4.69, 9.17) is 11.6 Å². The van der Waals surface area contributed by atoms with Crippen LogP contribution in [0.15, 0.2) is 23.9 Å². The second kappa shape index (κ2) is 4.15. The third kappa shape index (κ3) is 3.79.